The summed E-state index contributed by atoms with van der Waals surface area (Å²) >= 11 is 1.43. The van der Waals surface area contributed by atoms with Gasteiger partial charge in [-0.15, -0.1) is 0 Å². The summed E-state index contributed by atoms with van der Waals surface area (Å²) in [7, 11) is -1.89. The molecule has 2 atom stereocenters. The molecule has 138 valence electrons. The summed E-state index contributed by atoms with van der Waals surface area (Å²) in [4.78, 5) is 12.6. The number of benzene rings is 3. The molecule has 0 spiro atoms. The van der Waals surface area contributed by atoms with Crippen molar-refractivity contribution in [3.63, 3.8) is 0 Å². The predicted octanol–water partition coefficient (Wildman–Crippen LogP) is 4.78. The van der Waals surface area contributed by atoms with Crippen LogP contribution < -0.4 is 0 Å². The lowest BCUT2D eigenvalue weighted by Gasteiger charge is -2.18. The third-order valence-electron chi connectivity index (χ3n) is 4.29. The van der Waals surface area contributed by atoms with Gasteiger partial charge in [0.15, 0.2) is 11.7 Å². The van der Waals surface area contributed by atoms with E-state index in [2.05, 4.69) is 0 Å². The number of aliphatic carboxylic acids is 1. The average Bonchev–Trinajstić information content (AvgIpc) is 2.67. The second-order valence-electron chi connectivity index (χ2n) is 6.39. The number of carbonyl (C=O) groups is 1. The first-order valence-corrected chi connectivity index (χ1v) is 11.1. The number of aliphatic hydroxyl groups is 1. The Morgan fingerprint density at radius 1 is 0.963 bits per heavy atom. The number of carboxylic acids is 1. The Labute approximate surface area is 163 Å². The van der Waals surface area contributed by atoms with E-state index in [-0.39, 0.29) is 18.1 Å². The van der Waals surface area contributed by atoms with E-state index in [9.17, 15) is 19.6 Å². The van der Waals surface area contributed by atoms with Gasteiger partial charge in [0.25, 0.3) is 0 Å². The second kappa shape index (κ2) is 8.66. The van der Waals surface area contributed by atoms with Crippen molar-refractivity contribution in [1.82, 2.24) is 0 Å². The van der Waals surface area contributed by atoms with Gasteiger partial charge in [-0.2, -0.15) is 0 Å². The molecule has 0 aliphatic carbocycles. The van der Waals surface area contributed by atoms with Crippen LogP contribution in [0.5, 0.6) is 0 Å². The van der Waals surface area contributed by atoms with E-state index < -0.39 is 19.4 Å². The van der Waals surface area contributed by atoms with Crippen molar-refractivity contribution < 1.29 is 19.6 Å². The molecule has 0 saturated heterocycles. The molecule has 3 aromatic carbocycles. The van der Waals surface area contributed by atoms with Gasteiger partial charge in [-0.25, -0.2) is 4.79 Å². The van der Waals surface area contributed by atoms with Gasteiger partial charge in [0.1, 0.15) is 0 Å². The molecule has 0 saturated carbocycles. The van der Waals surface area contributed by atoms with Crippen LogP contribution in [0.3, 0.4) is 0 Å². The average molecular weight is 399 g/mol. The Hall–Kier alpha value is -2.20. The first-order valence-electron chi connectivity index (χ1n) is 8.50. The number of hydrogen-bond donors (Lipinski definition) is 2. The number of rotatable bonds is 8. The fraction of sp³-hybridized carbons (Fsp3) is 0.190. The molecule has 0 bridgehead atoms. The predicted molar refractivity (Wildman–Crippen MR) is 110 cm³/mol. The number of carboxylic acid groups (broad SMARTS) is 1. The summed E-state index contributed by atoms with van der Waals surface area (Å²) in [6.45, 7) is 0. The van der Waals surface area contributed by atoms with E-state index in [1.807, 2.05) is 48.5 Å². The highest BCUT2D eigenvalue weighted by atomic mass is 32.2. The highest BCUT2D eigenvalue weighted by Gasteiger charge is 2.43. The minimum Gasteiger partial charge on any atom is -0.479 e. The molecule has 3 aromatic rings. The van der Waals surface area contributed by atoms with Crippen molar-refractivity contribution in [2.45, 2.75) is 16.9 Å². The van der Waals surface area contributed by atoms with E-state index in [1.54, 1.807) is 24.3 Å². The molecule has 4 nitrogen and oxygen atoms in total. The Morgan fingerprint density at radius 2 is 1.63 bits per heavy atom. The molecule has 0 radical (unpaired) electrons. The van der Waals surface area contributed by atoms with Crippen LogP contribution >= 0.6 is 19.6 Å². The van der Waals surface area contributed by atoms with Crippen molar-refractivity contribution >= 4 is 36.3 Å². The maximum Gasteiger partial charge on any atom is 0.353 e. The molecule has 0 aliphatic rings. The van der Waals surface area contributed by atoms with Crippen LogP contribution in [0.25, 0.3) is 10.8 Å². The SMILES string of the molecule is O=C(O)C(O)(Cc1ccccc1)C[P+](=O)CSc1cccc2ccccc12. The normalized spacial score (nSPS) is 13.9. The van der Waals surface area contributed by atoms with Gasteiger partial charge in [-0.1, -0.05) is 83.1 Å². The standard InChI is InChI=1S/C21H19O4PS/c22-20(23)21(24,13-16-7-2-1-3-8-16)14-26(25)15-27-19-12-6-10-17-9-4-5-11-18(17)19/h1-12,24H,13-15H2/p+1. The first kappa shape index (κ1) is 19.6. The summed E-state index contributed by atoms with van der Waals surface area (Å²) in [5.74, 6) is -1.34. The Kier molecular flexibility index (Phi) is 6.27. The van der Waals surface area contributed by atoms with Crippen molar-refractivity contribution in [3.8, 4) is 0 Å². The lowest BCUT2D eigenvalue weighted by atomic mass is 9.97. The molecule has 0 aliphatic heterocycles. The molecule has 0 heterocycles. The van der Waals surface area contributed by atoms with Gasteiger partial charge in [-0.05, 0) is 22.4 Å². The Morgan fingerprint density at radius 3 is 2.37 bits per heavy atom. The molecule has 27 heavy (non-hydrogen) atoms. The maximum atomic E-state index is 12.6. The van der Waals surface area contributed by atoms with Crippen LogP contribution in [0.4, 0.5) is 0 Å². The van der Waals surface area contributed by atoms with Gasteiger partial charge in [0, 0.05) is 11.3 Å². The number of fused-ring (bicyclic) bond motifs is 1. The summed E-state index contributed by atoms with van der Waals surface area (Å²) in [6, 6.07) is 22.8. The molecular weight excluding hydrogens is 379 g/mol. The van der Waals surface area contributed by atoms with Crippen molar-refractivity contribution in [3.05, 3.63) is 78.4 Å². The fourth-order valence-electron chi connectivity index (χ4n) is 2.93. The highest BCUT2D eigenvalue weighted by Crippen LogP contribution is 2.37. The third-order valence-corrected chi connectivity index (χ3v) is 7.50. The van der Waals surface area contributed by atoms with Crippen LogP contribution in [0.2, 0.25) is 0 Å². The molecular formula is C21H20O4PS+. The lowest BCUT2D eigenvalue weighted by Crippen LogP contribution is -2.43. The van der Waals surface area contributed by atoms with E-state index in [0.29, 0.717) is 5.56 Å². The van der Waals surface area contributed by atoms with Crippen LogP contribution in [-0.2, 0) is 15.8 Å². The molecule has 2 unspecified atom stereocenters. The molecule has 0 aromatic heterocycles. The summed E-state index contributed by atoms with van der Waals surface area (Å²) in [6.07, 6.45) is -0.340. The van der Waals surface area contributed by atoms with Crippen molar-refractivity contribution in [1.29, 1.82) is 0 Å². The monoisotopic (exact) mass is 399 g/mol. The summed E-state index contributed by atoms with van der Waals surface area (Å²) in [5, 5.41) is 22.2. The summed E-state index contributed by atoms with van der Waals surface area (Å²) < 4.78 is 12.6. The molecule has 6 heteroatoms. The molecule has 2 N–H and O–H groups in total. The number of hydrogen-bond acceptors (Lipinski definition) is 4. The largest absolute Gasteiger partial charge is 0.479 e. The minimum absolute atomic E-state index is 0.0663. The van der Waals surface area contributed by atoms with Gasteiger partial charge in [0.05, 0.1) is 0 Å². The maximum absolute atomic E-state index is 12.6. The Bertz CT molecular complexity index is 955. The van der Waals surface area contributed by atoms with E-state index in [4.69, 9.17) is 0 Å². The Balaban J connectivity index is 1.68. The number of thioether (sulfide) groups is 1. The van der Waals surface area contributed by atoms with Gasteiger partial charge >= 0.3 is 13.8 Å². The van der Waals surface area contributed by atoms with Crippen LogP contribution in [0.1, 0.15) is 5.56 Å². The fourth-order valence-corrected chi connectivity index (χ4v) is 5.78. The topological polar surface area (TPSA) is 74.6 Å². The third kappa shape index (κ3) is 4.95. The first-order chi connectivity index (χ1) is 13.0. The van der Waals surface area contributed by atoms with Crippen LogP contribution in [0.15, 0.2) is 77.7 Å². The quantitative estimate of drug-likeness (QED) is 0.421. The zero-order valence-corrected chi connectivity index (χ0v) is 16.3. The molecule has 0 fully saturated rings. The minimum atomic E-state index is -2.03. The van der Waals surface area contributed by atoms with E-state index in [1.165, 1.54) is 11.8 Å². The van der Waals surface area contributed by atoms with Gasteiger partial charge in [-0.3, -0.25) is 0 Å². The highest BCUT2D eigenvalue weighted by molar-refractivity contribution is 8.04. The van der Waals surface area contributed by atoms with Crippen LogP contribution in [0, 0.1) is 0 Å². The zero-order valence-electron chi connectivity index (χ0n) is 14.6. The van der Waals surface area contributed by atoms with Crippen molar-refractivity contribution in [2.75, 3.05) is 11.7 Å². The second-order valence-corrected chi connectivity index (χ2v) is 9.43. The van der Waals surface area contributed by atoms with E-state index in [0.717, 1.165) is 15.7 Å². The molecule has 3 rings (SSSR count). The van der Waals surface area contributed by atoms with Gasteiger partial charge < -0.3 is 10.2 Å². The van der Waals surface area contributed by atoms with Crippen LogP contribution in [-0.4, -0.2) is 33.4 Å². The van der Waals surface area contributed by atoms with E-state index >= 15 is 0 Å². The zero-order chi connectivity index (χ0) is 19.3. The van der Waals surface area contributed by atoms with Gasteiger partial charge in [0.2, 0.25) is 5.60 Å². The smallest absolute Gasteiger partial charge is 0.353 e. The molecule has 0 amide bonds. The van der Waals surface area contributed by atoms with Crippen molar-refractivity contribution in [2.24, 2.45) is 0 Å². The summed E-state index contributed by atoms with van der Waals surface area (Å²) in [5.41, 5.74) is -1.07. The lowest BCUT2D eigenvalue weighted by molar-refractivity contribution is -0.155.